The molecule has 0 saturated heterocycles. The minimum Gasteiger partial charge on any atom is -0.483 e. The summed E-state index contributed by atoms with van der Waals surface area (Å²) < 4.78 is 11.1. The monoisotopic (exact) mass is 370 g/mol. The molecule has 0 aliphatic carbocycles. The van der Waals surface area contributed by atoms with Crippen LogP contribution in [0.25, 0.3) is 10.2 Å². The third kappa shape index (κ3) is 4.00. The molecule has 2 aromatic carbocycles. The van der Waals surface area contributed by atoms with Crippen molar-refractivity contribution in [1.82, 2.24) is 4.98 Å². The molecule has 0 aliphatic heterocycles. The molecule has 0 unspecified atom stereocenters. The topological polar surface area (TPSA) is 77.5 Å². The predicted molar refractivity (Wildman–Crippen MR) is 101 cm³/mol. The lowest BCUT2D eigenvalue weighted by molar-refractivity contribution is -0.118. The number of hydrogen-bond donors (Lipinski definition) is 1. The third-order valence-electron chi connectivity index (χ3n) is 3.75. The number of aromatic nitrogens is 1. The van der Waals surface area contributed by atoms with E-state index in [1.54, 1.807) is 18.2 Å². The maximum Gasteiger partial charge on any atom is 0.337 e. The Bertz CT molecular complexity index is 981. The van der Waals surface area contributed by atoms with E-state index in [1.807, 2.05) is 32.0 Å². The number of esters is 1. The zero-order chi connectivity index (χ0) is 18.7. The van der Waals surface area contributed by atoms with Crippen LogP contribution in [0.5, 0.6) is 5.75 Å². The van der Waals surface area contributed by atoms with Crippen molar-refractivity contribution in [1.29, 1.82) is 0 Å². The van der Waals surface area contributed by atoms with E-state index in [1.165, 1.54) is 18.4 Å². The molecule has 0 fully saturated rings. The molecule has 1 heterocycles. The van der Waals surface area contributed by atoms with Crippen molar-refractivity contribution in [2.24, 2.45) is 0 Å². The molecule has 0 spiro atoms. The molecular weight excluding hydrogens is 352 g/mol. The molecule has 0 aliphatic rings. The van der Waals surface area contributed by atoms with E-state index < -0.39 is 5.97 Å². The van der Waals surface area contributed by atoms with Crippen LogP contribution >= 0.6 is 11.3 Å². The molecule has 0 bridgehead atoms. The van der Waals surface area contributed by atoms with Gasteiger partial charge in [0, 0.05) is 0 Å². The molecule has 0 atom stereocenters. The number of nitrogens with zero attached hydrogens (tertiary/aromatic N) is 1. The number of fused-ring (bicyclic) bond motifs is 1. The first-order chi connectivity index (χ1) is 12.5. The van der Waals surface area contributed by atoms with Gasteiger partial charge in [-0.3, -0.25) is 10.1 Å². The molecular formula is C19H18N2O4S. The first-order valence-electron chi connectivity index (χ1n) is 7.95. The number of ether oxygens (including phenoxy) is 2. The van der Waals surface area contributed by atoms with Gasteiger partial charge in [-0.2, -0.15) is 0 Å². The van der Waals surface area contributed by atoms with Crippen molar-refractivity contribution in [3.05, 3.63) is 53.1 Å². The van der Waals surface area contributed by atoms with Crippen LogP contribution in [0.15, 0.2) is 36.4 Å². The van der Waals surface area contributed by atoms with Gasteiger partial charge >= 0.3 is 5.97 Å². The van der Waals surface area contributed by atoms with Gasteiger partial charge in [0.1, 0.15) is 5.75 Å². The molecule has 1 N–H and O–H groups in total. The van der Waals surface area contributed by atoms with Crippen LogP contribution in [0, 0.1) is 13.8 Å². The molecule has 6 nitrogen and oxygen atoms in total. The lowest BCUT2D eigenvalue weighted by atomic mass is 10.1. The summed E-state index contributed by atoms with van der Waals surface area (Å²) in [5.41, 5.74) is 3.26. The van der Waals surface area contributed by atoms with E-state index in [4.69, 9.17) is 9.47 Å². The highest BCUT2D eigenvalue weighted by Crippen LogP contribution is 2.27. The molecule has 26 heavy (non-hydrogen) atoms. The highest BCUT2D eigenvalue weighted by Gasteiger charge is 2.12. The van der Waals surface area contributed by atoms with Gasteiger partial charge in [0.15, 0.2) is 11.7 Å². The van der Waals surface area contributed by atoms with E-state index in [0.717, 1.165) is 15.8 Å². The molecule has 134 valence electrons. The van der Waals surface area contributed by atoms with Gasteiger partial charge < -0.3 is 9.47 Å². The van der Waals surface area contributed by atoms with Crippen molar-refractivity contribution in [2.75, 3.05) is 19.0 Å². The number of amides is 1. The number of thiazole rings is 1. The number of aryl methyl sites for hydroxylation is 2. The van der Waals surface area contributed by atoms with Gasteiger partial charge in [-0.05, 0) is 43.7 Å². The summed E-state index contributed by atoms with van der Waals surface area (Å²) in [5.74, 6) is -0.0252. The second kappa shape index (κ2) is 7.53. The van der Waals surface area contributed by atoms with Crippen LogP contribution in [-0.4, -0.2) is 30.6 Å². The Morgan fingerprint density at radius 1 is 1.15 bits per heavy atom. The Morgan fingerprint density at radius 3 is 2.69 bits per heavy atom. The van der Waals surface area contributed by atoms with Crippen molar-refractivity contribution in [3.8, 4) is 5.75 Å². The predicted octanol–water partition coefficient (Wildman–Crippen LogP) is 3.72. The lowest BCUT2D eigenvalue weighted by Crippen LogP contribution is -2.20. The van der Waals surface area contributed by atoms with E-state index in [9.17, 15) is 9.59 Å². The average Bonchev–Trinajstić information content (AvgIpc) is 3.01. The third-order valence-corrected chi connectivity index (χ3v) is 4.68. The maximum atomic E-state index is 12.1. The second-order valence-electron chi connectivity index (χ2n) is 5.80. The first kappa shape index (κ1) is 17.9. The highest BCUT2D eigenvalue weighted by atomic mass is 32.1. The average molecular weight is 370 g/mol. The summed E-state index contributed by atoms with van der Waals surface area (Å²) in [5, 5.41) is 3.18. The molecule has 0 radical (unpaired) electrons. The standard InChI is InChI=1S/C19H18N2O4S/c1-11-4-7-15(12(2)8-11)25-10-17(22)21-19-20-14-6-5-13(18(23)24-3)9-16(14)26-19/h4-9H,10H2,1-3H3,(H,20,21,22). The number of carbonyl (C=O) groups is 2. The molecule has 3 rings (SSSR count). The van der Waals surface area contributed by atoms with Crippen LogP contribution in [0.2, 0.25) is 0 Å². The largest absolute Gasteiger partial charge is 0.483 e. The summed E-state index contributed by atoms with van der Waals surface area (Å²) in [7, 11) is 1.33. The summed E-state index contributed by atoms with van der Waals surface area (Å²) in [6.07, 6.45) is 0. The van der Waals surface area contributed by atoms with Crippen molar-refractivity contribution in [2.45, 2.75) is 13.8 Å². The molecule has 0 saturated carbocycles. The summed E-state index contributed by atoms with van der Waals surface area (Å²) in [6.45, 7) is 3.84. The number of anilines is 1. The minimum absolute atomic E-state index is 0.104. The van der Waals surface area contributed by atoms with Crippen molar-refractivity contribution < 1.29 is 19.1 Å². The Morgan fingerprint density at radius 2 is 1.96 bits per heavy atom. The fourth-order valence-electron chi connectivity index (χ4n) is 2.48. The Hall–Kier alpha value is -2.93. The van der Waals surface area contributed by atoms with Gasteiger partial charge in [-0.1, -0.05) is 29.0 Å². The SMILES string of the molecule is COC(=O)c1ccc2nc(NC(=O)COc3ccc(C)cc3C)sc2c1. The first-order valence-corrected chi connectivity index (χ1v) is 8.76. The minimum atomic E-state index is -0.409. The fourth-order valence-corrected chi connectivity index (χ4v) is 3.40. The van der Waals surface area contributed by atoms with Crippen molar-refractivity contribution >= 4 is 38.6 Å². The number of nitrogens with one attached hydrogen (secondary N) is 1. The van der Waals surface area contributed by atoms with E-state index >= 15 is 0 Å². The second-order valence-corrected chi connectivity index (χ2v) is 6.83. The fraction of sp³-hybridized carbons (Fsp3) is 0.211. The number of carbonyl (C=O) groups excluding carboxylic acids is 2. The highest BCUT2D eigenvalue weighted by molar-refractivity contribution is 7.22. The molecule has 7 heteroatoms. The van der Waals surface area contributed by atoms with Crippen LogP contribution in [0.1, 0.15) is 21.5 Å². The summed E-state index contributed by atoms with van der Waals surface area (Å²) >= 11 is 1.29. The Balaban J connectivity index is 1.66. The van der Waals surface area contributed by atoms with Gasteiger partial charge in [0.05, 0.1) is 22.9 Å². The van der Waals surface area contributed by atoms with Gasteiger partial charge in [0.2, 0.25) is 0 Å². The van der Waals surface area contributed by atoms with E-state index in [2.05, 4.69) is 10.3 Å². The van der Waals surface area contributed by atoms with Crippen LogP contribution < -0.4 is 10.1 Å². The smallest absolute Gasteiger partial charge is 0.337 e. The number of benzene rings is 2. The molecule has 1 aromatic heterocycles. The maximum absolute atomic E-state index is 12.1. The molecule has 3 aromatic rings. The van der Waals surface area contributed by atoms with Crippen molar-refractivity contribution in [3.63, 3.8) is 0 Å². The zero-order valence-corrected chi connectivity index (χ0v) is 15.5. The number of rotatable bonds is 5. The Labute approximate surface area is 154 Å². The molecule has 1 amide bonds. The van der Waals surface area contributed by atoms with E-state index in [0.29, 0.717) is 22.0 Å². The number of methoxy groups -OCH3 is 1. The lowest BCUT2D eigenvalue weighted by Gasteiger charge is -2.09. The summed E-state index contributed by atoms with van der Waals surface area (Å²) in [6, 6.07) is 10.8. The quantitative estimate of drug-likeness (QED) is 0.693. The van der Waals surface area contributed by atoms with Crippen LogP contribution in [0.4, 0.5) is 5.13 Å². The van der Waals surface area contributed by atoms with Gasteiger partial charge in [-0.25, -0.2) is 9.78 Å². The van der Waals surface area contributed by atoms with Crippen LogP contribution in [-0.2, 0) is 9.53 Å². The van der Waals surface area contributed by atoms with Crippen LogP contribution in [0.3, 0.4) is 0 Å². The Kier molecular flexibility index (Phi) is 5.18. The zero-order valence-electron chi connectivity index (χ0n) is 14.7. The van der Waals surface area contributed by atoms with Gasteiger partial charge in [-0.15, -0.1) is 0 Å². The number of hydrogen-bond acceptors (Lipinski definition) is 6. The van der Waals surface area contributed by atoms with E-state index in [-0.39, 0.29) is 12.5 Å². The normalized spacial score (nSPS) is 10.6. The van der Waals surface area contributed by atoms with Gasteiger partial charge in [0.25, 0.3) is 5.91 Å². The summed E-state index contributed by atoms with van der Waals surface area (Å²) in [4.78, 5) is 28.0.